The topological polar surface area (TPSA) is 80.5 Å². The fourth-order valence-electron chi connectivity index (χ4n) is 1.51. The Kier molecular flexibility index (Phi) is 1.82. The molecule has 0 radical (unpaired) electrons. The van der Waals surface area contributed by atoms with Crippen LogP contribution in [0.4, 0.5) is 0 Å². The van der Waals surface area contributed by atoms with Gasteiger partial charge in [-0.3, -0.25) is 19.3 Å². The molecule has 0 saturated heterocycles. The molecule has 2 rings (SSSR count). The van der Waals surface area contributed by atoms with E-state index in [4.69, 9.17) is 5.73 Å². The average Bonchev–Trinajstić information content (AvgIpc) is 2.44. The van der Waals surface area contributed by atoms with Crippen molar-refractivity contribution in [1.82, 2.24) is 4.90 Å². The maximum absolute atomic E-state index is 11.5. The molecule has 0 spiro atoms. The lowest BCUT2D eigenvalue weighted by atomic mass is 10.1. The van der Waals surface area contributed by atoms with Gasteiger partial charge in [-0.15, -0.1) is 0 Å². The predicted molar refractivity (Wildman–Crippen MR) is 51.4 cm³/mol. The van der Waals surface area contributed by atoms with Crippen LogP contribution in [0.5, 0.6) is 0 Å². The van der Waals surface area contributed by atoms with Crippen molar-refractivity contribution in [2.45, 2.75) is 0 Å². The van der Waals surface area contributed by atoms with Crippen LogP contribution in [0.25, 0.3) is 0 Å². The number of nitrogens with zero attached hydrogens (tertiary/aromatic N) is 1. The highest BCUT2D eigenvalue weighted by molar-refractivity contribution is 6.21. The molecule has 5 nitrogen and oxygen atoms in total. The van der Waals surface area contributed by atoms with Crippen molar-refractivity contribution in [2.24, 2.45) is 5.73 Å². The average molecular weight is 204 g/mol. The second-order valence-corrected chi connectivity index (χ2v) is 3.29. The number of fused-ring (bicyclic) bond motifs is 1. The number of hydrogen-bond acceptors (Lipinski definition) is 3. The summed E-state index contributed by atoms with van der Waals surface area (Å²) in [5.74, 6) is -1.38. The number of benzene rings is 1. The van der Waals surface area contributed by atoms with Crippen LogP contribution in [-0.2, 0) is 0 Å². The predicted octanol–water partition coefficient (Wildman–Crippen LogP) is 0.0113. The Labute approximate surface area is 85.5 Å². The van der Waals surface area contributed by atoms with E-state index in [1.165, 1.54) is 25.2 Å². The zero-order valence-corrected chi connectivity index (χ0v) is 7.98. The molecule has 0 unspecified atom stereocenters. The molecule has 0 aliphatic carbocycles. The maximum atomic E-state index is 11.5. The fraction of sp³-hybridized carbons (Fsp3) is 0.100. The standard InChI is InChI=1S/C10H8N2O3/c1-12-9(14)6-3-2-5(8(11)13)4-7(6)10(12)15/h2-4H,1H3,(H2,11,13). The van der Waals surface area contributed by atoms with Crippen molar-refractivity contribution in [1.29, 1.82) is 0 Å². The first kappa shape index (κ1) is 9.39. The van der Waals surface area contributed by atoms with E-state index in [-0.39, 0.29) is 17.0 Å². The third-order valence-corrected chi connectivity index (χ3v) is 2.37. The minimum absolute atomic E-state index is 0.227. The highest BCUT2D eigenvalue weighted by Gasteiger charge is 2.32. The third-order valence-electron chi connectivity index (χ3n) is 2.37. The molecular weight excluding hydrogens is 196 g/mol. The van der Waals surface area contributed by atoms with Gasteiger partial charge in [0.15, 0.2) is 0 Å². The Bertz CT molecular complexity index is 493. The molecule has 1 heterocycles. The Morgan fingerprint density at radius 3 is 2.40 bits per heavy atom. The van der Waals surface area contributed by atoms with Crippen molar-refractivity contribution in [2.75, 3.05) is 7.05 Å². The lowest BCUT2D eigenvalue weighted by Crippen LogP contribution is -2.24. The number of amides is 3. The summed E-state index contributed by atoms with van der Waals surface area (Å²) in [5, 5.41) is 0. The summed E-state index contributed by atoms with van der Waals surface area (Å²) in [6.45, 7) is 0. The van der Waals surface area contributed by atoms with Crippen LogP contribution < -0.4 is 5.73 Å². The monoisotopic (exact) mass is 204 g/mol. The van der Waals surface area contributed by atoms with E-state index in [1.807, 2.05) is 0 Å². The van der Waals surface area contributed by atoms with E-state index in [0.717, 1.165) is 4.90 Å². The van der Waals surface area contributed by atoms with Crippen LogP contribution in [0.1, 0.15) is 31.1 Å². The van der Waals surface area contributed by atoms with Gasteiger partial charge in [-0.2, -0.15) is 0 Å². The number of carbonyl (C=O) groups is 3. The molecule has 1 aromatic carbocycles. The highest BCUT2D eigenvalue weighted by Crippen LogP contribution is 2.22. The summed E-state index contributed by atoms with van der Waals surface area (Å²) in [6, 6.07) is 4.23. The second kappa shape index (κ2) is 2.91. The fourth-order valence-corrected chi connectivity index (χ4v) is 1.51. The van der Waals surface area contributed by atoms with E-state index < -0.39 is 11.8 Å². The molecular formula is C10H8N2O3. The summed E-state index contributed by atoms with van der Waals surface area (Å²) in [6.07, 6.45) is 0. The summed E-state index contributed by atoms with van der Waals surface area (Å²) in [5.41, 5.74) is 5.85. The van der Waals surface area contributed by atoms with Crippen LogP contribution in [-0.4, -0.2) is 29.7 Å². The third kappa shape index (κ3) is 1.20. The van der Waals surface area contributed by atoms with E-state index in [9.17, 15) is 14.4 Å². The summed E-state index contributed by atoms with van der Waals surface area (Å²) < 4.78 is 0. The molecule has 15 heavy (non-hydrogen) atoms. The van der Waals surface area contributed by atoms with Gasteiger partial charge in [0.05, 0.1) is 11.1 Å². The Morgan fingerprint density at radius 2 is 1.80 bits per heavy atom. The van der Waals surface area contributed by atoms with Gasteiger partial charge < -0.3 is 5.73 Å². The van der Waals surface area contributed by atoms with Crippen LogP contribution in [0.15, 0.2) is 18.2 Å². The van der Waals surface area contributed by atoms with E-state index in [1.54, 1.807) is 0 Å². The zero-order valence-electron chi connectivity index (χ0n) is 7.98. The summed E-state index contributed by atoms with van der Waals surface area (Å²) in [4.78, 5) is 34.9. The molecule has 2 N–H and O–H groups in total. The van der Waals surface area contributed by atoms with Gasteiger partial charge in [0, 0.05) is 12.6 Å². The SMILES string of the molecule is CN1C(=O)c2ccc(C(N)=O)cc2C1=O. The molecule has 5 heteroatoms. The van der Waals surface area contributed by atoms with Gasteiger partial charge in [-0.1, -0.05) is 0 Å². The van der Waals surface area contributed by atoms with Crippen LogP contribution in [0.3, 0.4) is 0 Å². The van der Waals surface area contributed by atoms with E-state index in [0.29, 0.717) is 5.56 Å². The van der Waals surface area contributed by atoms with Crippen molar-refractivity contribution < 1.29 is 14.4 Å². The van der Waals surface area contributed by atoms with Gasteiger partial charge in [0.25, 0.3) is 11.8 Å². The van der Waals surface area contributed by atoms with Crippen molar-refractivity contribution >= 4 is 17.7 Å². The lowest BCUT2D eigenvalue weighted by molar-refractivity contribution is 0.0693. The van der Waals surface area contributed by atoms with Gasteiger partial charge in [-0.05, 0) is 18.2 Å². The first-order valence-electron chi connectivity index (χ1n) is 4.28. The molecule has 1 aromatic rings. The van der Waals surface area contributed by atoms with Crippen molar-refractivity contribution in [3.05, 3.63) is 34.9 Å². The molecule has 0 atom stereocenters. The highest BCUT2D eigenvalue weighted by atomic mass is 16.2. The molecule has 1 aliphatic heterocycles. The van der Waals surface area contributed by atoms with Gasteiger partial charge in [0.2, 0.25) is 5.91 Å². The first-order chi connectivity index (χ1) is 7.02. The molecule has 3 amide bonds. The molecule has 0 fully saturated rings. The van der Waals surface area contributed by atoms with Crippen molar-refractivity contribution in [3.63, 3.8) is 0 Å². The van der Waals surface area contributed by atoms with Crippen LogP contribution in [0.2, 0.25) is 0 Å². The smallest absolute Gasteiger partial charge is 0.261 e. The van der Waals surface area contributed by atoms with Gasteiger partial charge in [-0.25, -0.2) is 0 Å². The van der Waals surface area contributed by atoms with Gasteiger partial charge in [0.1, 0.15) is 0 Å². The number of carbonyl (C=O) groups excluding carboxylic acids is 3. The molecule has 1 aliphatic rings. The Hall–Kier alpha value is -2.17. The number of primary amides is 1. The number of imide groups is 1. The number of hydrogen-bond donors (Lipinski definition) is 1. The minimum Gasteiger partial charge on any atom is -0.366 e. The summed E-state index contributed by atoms with van der Waals surface area (Å²) >= 11 is 0. The zero-order chi connectivity index (χ0) is 11.2. The Morgan fingerprint density at radius 1 is 1.20 bits per heavy atom. The molecule has 76 valence electrons. The first-order valence-corrected chi connectivity index (χ1v) is 4.28. The van der Waals surface area contributed by atoms with Gasteiger partial charge >= 0.3 is 0 Å². The molecule has 0 saturated carbocycles. The number of nitrogens with two attached hydrogens (primary N) is 1. The van der Waals surface area contributed by atoms with Crippen LogP contribution in [0, 0.1) is 0 Å². The summed E-state index contributed by atoms with van der Waals surface area (Å²) in [7, 11) is 1.40. The minimum atomic E-state index is -0.618. The largest absolute Gasteiger partial charge is 0.366 e. The van der Waals surface area contributed by atoms with Crippen LogP contribution >= 0.6 is 0 Å². The van der Waals surface area contributed by atoms with E-state index in [2.05, 4.69) is 0 Å². The Balaban J connectivity index is 2.61. The molecule has 0 aromatic heterocycles. The second-order valence-electron chi connectivity index (χ2n) is 3.29. The maximum Gasteiger partial charge on any atom is 0.261 e. The lowest BCUT2D eigenvalue weighted by Gasteiger charge is -2.02. The number of rotatable bonds is 1. The van der Waals surface area contributed by atoms with E-state index >= 15 is 0 Å². The quantitative estimate of drug-likeness (QED) is 0.654. The molecule has 0 bridgehead atoms. The van der Waals surface area contributed by atoms with Crippen molar-refractivity contribution in [3.8, 4) is 0 Å². The normalized spacial score (nSPS) is 14.3.